The van der Waals surface area contributed by atoms with Gasteiger partial charge in [0.15, 0.2) is 0 Å². The van der Waals surface area contributed by atoms with Crippen LogP contribution in [0.1, 0.15) is 0 Å². The Kier molecular flexibility index (Phi) is 6.27. The Hall–Kier alpha value is -7.50. The minimum absolute atomic E-state index is 0.837. The zero-order valence-electron chi connectivity index (χ0n) is 29.5. The van der Waals surface area contributed by atoms with Crippen LogP contribution in [0.25, 0.3) is 110 Å². The molecule has 0 amide bonds. The van der Waals surface area contributed by atoms with E-state index in [1.807, 2.05) is 30.5 Å². The highest BCUT2D eigenvalue weighted by atomic mass is 16.3. The van der Waals surface area contributed by atoms with E-state index in [1.54, 1.807) is 0 Å². The molecule has 55 heavy (non-hydrogen) atoms. The first-order chi connectivity index (χ1) is 27.3. The van der Waals surface area contributed by atoms with Gasteiger partial charge in [0, 0.05) is 49.8 Å². The molecule has 0 N–H and O–H groups in total. The molecule has 0 atom stereocenters. The van der Waals surface area contributed by atoms with E-state index in [4.69, 9.17) is 14.4 Å². The molecular weight excluding hydrogens is 673 g/mol. The summed E-state index contributed by atoms with van der Waals surface area (Å²) in [5.41, 5.74) is 13.6. The predicted molar refractivity (Wildman–Crippen MR) is 226 cm³/mol. The number of aromatic nitrogens is 4. The summed E-state index contributed by atoms with van der Waals surface area (Å²) in [6.45, 7) is 0. The monoisotopic (exact) mass is 702 g/mol. The van der Waals surface area contributed by atoms with Crippen molar-refractivity contribution < 1.29 is 4.42 Å². The summed E-state index contributed by atoms with van der Waals surface area (Å²) in [7, 11) is 0. The summed E-state index contributed by atoms with van der Waals surface area (Å²) in [5, 5.41) is 7.01. The number of nitrogens with zero attached hydrogens (tertiary/aromatic N) is 4. The van der Waals surface area contributed by atoms with Crippen molar-refractivity contribution in [1.82, 2.24) is 19.1 Å². The van der Waals surface area contributed by atoms with Crippen molar-refractivity contribution in [2.45, 2.75) is 0 Å². The van der Waals surface area contributed by atoms with Crippen LogP contribution in [-0.4, -0.2) is 19.1 Å². The Morgan fingerprint density at radius 1 is 0.418 bits per heavy atom. The zero-order valence-corrected chi connectivity index (χ0v) is 29.5. The van der Waals surface area contributed by atoms with E-state index >= 15 is 0 Å². The van der Waals surface area contributed by atoms with Gasteiger partial charge >= 0.3 is 0 Å². The number of para-hydroxylation sites is 4. The molecular formula is C50H30N4O. The van der Waals surface area contributed by atoms with Crippen LogP contribution in [0, 0.1) is 0 Å². The second kappa shape index (κ2) is 11.5. The van der Waals surface area contributed by atoms with Crippen LogP contribution < -0.4 is 0 Å². The van der Waals surface area contributed by atoms with Gasteiger partial charge in [0.1, 0.15) is 17.0 Å². The van der Waals surface area contributed by atoms with Crippen molar-refractivity contribution in [1.29, 1.82) is 0 Å². The molecule has 12 aromatic rings. The first-order valence-corrected chi connectivity index (χ1v) is 18.6. The molecule has 0 saturated carbocycles. The van der Waals surface area contributed by atoms with E-state index in [-0.39, 0.29) is 0 Å². The maximum absolute atomic E-state index is 6.32. The van der Waals surface area contributed by atoms with Crippen molar-refractivity contribution in [2.75, 3.05) is 0 Å². The van der Waals surface area contributed by atoms with E-state index in [9.17, 15) is 0 Å². The molecule has 0 radical (unpaired) electrons. The van der Waals surface area contributed by atoms with E-state index in [2.05, 4.69) is 161 Å². The molecule has 12 rings (SSSR count). The standard InChI is InChI=1S/C50H30N4O/c1-2-12-33(13-3-1)53-42-19-7-4-14-34(42)36-25-23-32(29-45(36)53)31-24-26-44-39(28-31)35-15-5-8-20-43(35)54(44)48-30-40(50-41(52-48)18-11-27-51-50)37-17-10-22-47-49(37)38-16-6-9-21-46(38)55-47/h1-30H. The number of fused-ring (bicyclic) bond motifs is 10. The van der Waals surface area contributed by atoms with E-state index in [1.165, 1.54) is 38.1 Å². The fourth-order valence-corrected chi connectivity index (χ4v) is 8.77. The summed E-state index contributed by atoms with van der Waals surface area (Å²) in [4.78, 5) is 10.2. The van der Waals surface area contributed by atoms with Gasteiger partial charge in [0.25, 0.3) is 0 Å². The van der Waals surface area contributed by atoms with Gasteiger partial charge < -0.3 is 8.98 Å². The predicted octanol–water partition coefficient (Wildman–Crippen LogP) is 13.1. The lowest BCUT2D eigenvalue weighted by atomic mass is 9.98. The number of pyridine rings is 2. The van der Waals surface area contributed by atoms with E-state index in [0.717, 1.165) is 72.2 Å². The van der Waals surface area contributed by atoms with Gasteiger partial charge in [-0.05, 0) is 89.5 Å². The average molecular weight is 703 g/mol. The average Bonchev–Trinajstić information content (AvgIpc) is 3.91. The largest absolute Gasteiger partial charge is 0.456 e. The lowest BCUT2D eigenvalue weighted by Crippen LogP contribution is -2.00. The molecule has 0 spiro atoms. The Bertz CT molecular complexity index is 3500. The summed E-state index contributed by atoms with van der Waals surface area (Å²) in [6.07, 6.45) is 1.85. The Morgan fingerprint density at radius 3 is 1.96 bits per heavy atom. The smallest absolute Gasteiger partial charge is 0.139 e. The SMILES string of the molecule is c1ccc(-n2c3ccccc3c3ccc(-c4ccc5c(c4)c4ccccc4n5-c4cc(-c5cccc6oc7ccccc7c56)c5ncccc5n4)cc32)cc1. The van der Waals surface area contributed by atoms with Crippen LogP contribution >= 0.6 is 0 Å². The lowest BCUT2D eigenvalue weighted by molar-refractivity contribution is 0.669. The number of furan rings is 1. The van der Waals surface area contributed by atoms with E-state index < -0.39 is 0 Å². The van der Waals surface area contributed by atoms with Crippen molar-refractivity contribution in [3.63, 3.8) is 0 Å². The molecule has 5 nitrogen and oxygen atoms in total. The number of benzene rings is 7. The van der Waals surface area contributed by atoms with Crippen molar-refractivity contribution in [3.05, 3.63) is 182 Å². The highest BCUT2D eigenvalue weighted by Crippen LogP contribution is 2.42. The minimum atomic E-state index is 0.837. The van der Waals surface area contributed by atoms with Gasteiger partial charge in [0.05, 0.1) is 33.1 Å². The maximum Gasteiger partial charge on any atom is 0.139 e. The van der Waals surface area contributed by atoms with Gasteiger partial charge in [0.2, 0.25) is 0 Å². The molecule has 0 aliphatic carbocycles. The molecule has 256 valence electrons. The summed E-state index contributed by atoms with van der Waals surface area (Å²) >= 11 is 0. The second-order valence-corrected chi connectivity index (χ2v) is 14.2. The van der Waals surface area contributed by atoms with Crippen LogP contribution in [-0.2, 0) is 0 Å². The molecule has 0 aliphatic heterocycles. The van der Waals surface area contributed by atoms with Gasteiger partial charge in [-0.3, -0.25) is 9.55 Å². The minimum Gasteiger partial charge on any atom is -0.456 e. The van der Waals surface area contributed by atoms with E-state index in [0.29, 0.717) is 0 Å². The maximum atomic E-state index is 6.32. The van der Waals surface area contributed by atoms with Gasteiger partial charge in [-0.2, -0.15) is 0 Å². The highest BCUT2D eigenvalue weighted by molar-refractivity contribution is 6.16. The third-order valence-electron chi connectivity index (χ3n) is 11.2. The van der Waals surface area contributed by atoms with Crippen LogP contribution in [0.15, 0.2) is 187 Å². The molecule has 5 heteroatoms. The Morgan fingerprint density at radius 2 is 1.09 bits per heavy atom. The molecule has 0 bridgehead atoms. The molecule has 0 unspecified atom stereocenters. The Labute approximate surface area is 315 Å². The number of rotatable bonds is 4. The quantitative estimate of drug-likeness (QED) is 0.183. The summed E-state index contributed by atoms with van der Waals surface area (Å²) in [6, 6.07) is 62.4. The molecule has 0 aliphatic rings. The normalized spacial score (nSPS) is 12.0. The zero-order chi connectivity index (χ0) is 36.0. The van der Waals surface area contributed by atoms with Crippen LogP contribution in [0.5, 0.6) is 0 Å². The van der Waals surface area contributed by atoms with Gasteiger partial charge in [-0.1, -0.05) is 103 Å². The molecule has 7 aromatic carbocycles. The Balaban J connectivity index is 1.08. The van der Waals surface area contributed by atoms with Crippen LogP contribution in [0.2, 0.25) is 0 Å². The first kappa shape index (κ1) is 30.0. The number of hydrogen-bond acceptors (Lipinski definition) is 3. The van der Waals surface area contributed by atoms with Crippen LogP contribution in [0.4, 0.5) is 0 Å². The number of hydrogen-bond donors (Lipinski definition) is 0. The topological polar surface area (TPSA) is 48.8 Å². The van der Waals surface area contributed by atoms with Gasteiger partial charge in [-0.15, -0.1) is 0 Å². The third kappa shape index (κ3) is 4.41. The van der Waals surface area contributed by atoms with Crippen LogP contribution in [0.3, 0.4) is 0 Å². The van der Waals surface area contributed by atoms with Crippen molar-refractivity contribution >= 4 is 76.6 Å². The fourth-order valence-electron chi connectivity index (χ4n) is 8.77. The summed E-state index contributed by atoms with van der Waals surface area (Å²) in [5.74, 6) is 0.841. The molecule has 5 aromatic heterocycles. The van der Waals surface area contributed by atoms with Crippen molar-refractivity contribution in [2.24, 2.45) is 0 Å². The summed E-state index contributed by atoms with van der Waals surface area (Å²) < 4.78 is 11.0. The van der Waals surface area contributed by atoms with Gasteiger partial charge in [-0.25, -0.2) is 4.98 Å². The van der Waals surface area contributed by atoms with Crippen molar-refractivity contribution in [3.8, 4) is 33.8 Å². The fraction of sp³-hybridized carbons (Fsp3) is 0. The lowest BCUT2D eigenvalue weighted by Gasteiger charge is -2.13. The molecule has 0 saturated heterocycles. The second-order valence-electron chi connectivity index (χ2n) is 14.2. The first-order valence-electron chi connectivity index (χ1n) is 18.6. The molecule has 0 fully saturated rings. The third-order valence-corrected chi connectivity index (χ3v) is 11.2. The highest BCUT2D eigenvalue weighted by Gasteiger charge is 2.20. The molecule has 5 heterocycles.